The molecule has 0 bridgehead atoms. The standard InChI is InChI=1S/C20H29NO/c1-16(8-6-9-17(2)13-15-21-22)11-12-19-18(3)10-7-14-20(19,4)5/h6,8-9,11-13,15,22H,7,10,14H2,1-5H3/b9-6-,12-11?,16-8?,17-13?,21-15?. The van der Waals surface area contributed by atoms with Crippen molar-refractivity contribution in [3.05, 3.63) is 58.7 Å². The summed E-state index contributed by atoms with van der Waals surface area (Å²) in [5.74, 6) is 0. The third kappa shape index (κ3) is 5.88. The van der Waals surface area contributed by atoms with Gasteiger partial charge in [-0.2, -0.15) is 0 Å². The van der Waals surface area contributed by atoms with Crippen LogP contribution in [0.15, 0.2) is 63.9 Å². The normalized spacial score (nSPS) is 20.8. The Hall–Kier alpha value is -1.83. The first-order chi connectivity index (χ1) is 10.4. The maximum atomic E-state index is 8.36. The summed E-state index contributed by atoms with van der Waals surface area (Å²) in [6.07, 6.45) is 17.5. The van der Waals surface area contributed by atoms with E-state index in [-0.39, 0.29) is 5.41 Å². The molecule has 2 heteroatoms. The summed E-state index contributed by atoms with van der Waals surface area (Å²) in [7, 11) is 0. The van der Waals surface area contributed by atoms with E-state index in [0.29, 0.717) is 0 Å². The summed E-state index contributed by atoms with van der Waals surface area (Å²) in [4.78, 5) is 0. The Morgan fingerprint density at radius 3 is 2.45 bits per heavy atom. The van der Waals surface area contributed by atoms with E-state index in [1.165, 1.54) is 42.2 Å². The van der Waals surface area contributed by atoms with Gasteiger partial charge in [0, 0.05) is 0 Å². The number of hydrogen-bond donors (Lipinski definition) is 1. The molecule has 0 saturated heterocycles. The Labute approximate surface area is 135 Å². The van der Waals surface area contributed by atoms with E-state index in [0.717, 1.165) is 5.57 Å². The topological polar surface area (TPSA) is 32.6 Å². The number of rotatable bonds is 5. The first kappa shape index (κ1) is 18.2. The molecule has 120 valence electrons. The quantitative estimate of drug-likeness (QED) is 0.288. The van der Waals surface area contributed by atoms with Gasteiger partial charge in [0.25, 0.3) is 0 Å². The molecule has 1 rings (SSSR count). The van der Waals surface area contributed by atoms with E-state index < -0.39 is 0 Å². The molecule has 0 amide bonds. The Morgan fingerprint density at radius 1 is 1.14 bits per heavy atom. The highest BCUT2D eigenvalue weighted by Gasteiger charge is 2.26. The lowest BCUT2D eigenvalue weighted by molar-refractivity contribution is 0.322. The van der Waals surface area contributed by atoms with E-state index in [2.05, 4.69) is 51.1 Å². The highest BCUT2D eigenvalue weighted by Crippen LogP contribution is 2.40. The number of allylic oxidation sites excluding steroid dienone is 10. The van der Waals surface area contributed by atoms with Crippen LogP contribution in [0.25, 0.3) is 0 Å². The largest absolute Gasteiger partial charge is 0.411 e. The molecule has 1 aliphatic rings. The van der Waals surface area contributed by atoms with Gasteiger partial charge in [0.05, 0.1) is 6.21 Å². The monoisotopic (exact) mass is 299 g/mol. The minimum atomic E-state index is 0.290. The van der Waals surface area contributed by atoms with Crippen molar-refractivity contribution >= 4 is 6.21 Å². The van der Waals surface area contributed by atoms with E-state index in [9.17, 15) is 0 Å². The van der Waals surface area contributed by atoms with Crippen LogP contribution >= 0.6 is 0 Å². The number of hydrogen-bond acceptors (Lipinski definition) is 2. The lowest BCUT2D eigenvalue weighted by Crippen LogP contribution is -2.19. The second-order valence-corrected chi connectivity index (χ2v) is 6.71. The van der Waals surface area contributed by atoms with Crippen molar-refractivity contribution in [1.29, 1.82) is 0 Å². The predicted molar refractivity (Wildman–Crippen MR) is 96.4 cm³/mol. The van der Waals surface area contributed by atoms with Crippen LogP contribution in [-0.2, 0) is 0 Å². The molecule has 1 aliphatic carbocycles. The molecule has 0 aromatic heterocycles. The first-order valence-corrected chi connectivity index (χ1v) is 7.94. The Kier molecular flexibility index (Phi) is 7.10. The number of oxime groups is 1. The van der Waals surface area contributed by atoms with Crippen molar-refractivity contribution in [2.75, 3.05) is 0 Å². The zero-order valence-corrected chi connectivity index (χ0v) is 14.6. The summed E-state index contributed by atoms with van der Waals surface area (Å²) >= 11 is 0. The maximum absolute atomic E-state index is 8.36. The van der Waals surface area contributed by atoms with E-state index in [1.807, 2.05) is 19.1 Å². The summed E-state index contributed by atoms with van der Waals surface area (Å²) in [6.45, 7) is 11.0. The summed E-state index contributed by atoms with van der Waals surface area (Å²) < 4.78 is 0. The van der Waals surface area contributed by atoms with Crippen molar-refractivity contribution in [2.24, 2.45) is 10.6 Å². The zero-order valence-electron chi connectivity index (χ0n) is 14.6. The average Bonchev–Trinajstić information content (AvgIpc) is 2.43. The molecule has 0 aromatic rings. The zero-order chi connectivity index (χ0) is 16.6. The SMILES string of the molecule is CC(C=CC1=C(C)CCCC1(C)C)=C/C=C\C(C)=CC=NO. The Balaban J connectivity index is 2.77. The molecule has 22 heavy (non-hydrogen) atoms. The summed E-state index contributed by atoms with van der Waals surface area (Å²) in [6, 6.07) is 0. The smallest absolute Gasteiger partial charge is 0.0664 e. The maximum Gasteiger partial charge on any atom is 0.0664 e. The molecule has 0 aromatic carbocycles. The van der Waals surface area contributed by atoms with E-state index in [4.69, 9.17) is 5.21 Å². The van der Waals surface area contributed by atoms with Crippen LogP contribution in [0.2, 0.25) is 0 Å². The molecule has 0 aliphatic heterocycles. The van der Waals surface area contributed by atoms with Crippen LogP contribution in [0, 0.1) is 5.41 Å². The van der Waals surface area contributed by atoms with Crippen molar-refractivity contribution in [3.63, 3.8) is 0 Å². The van der Waals surface area contributed by atoms with Gasteiger partial charge in [-0.15, -0.1) is 0 Å². The molecule has 0 fully saturated rings. The van der Waals surface area contributed by atoms with Gasteiger partial charge in [-0.3, -0.25) is 0 Å². The van der Waals surface area contributed by atoms with E-state index in [1.54, 1.807) is 6.08 Å². The van der Waals surface area contributed by atoms with Gasteiger partial charge in [0.1, 0.15) is 0 Å². The lowest BCUT2D eigenvalue weighted by Gasteiger charge is -2.32. The number of nitrogens with zero attached hydrogens (tertiary/aromatic N) is 1. The van der Waals surface area contributed by atoms with Gasteiger partial charge < -0.3 is 5.21 Å². The molecule has 0 radical (unpaired) electrons. The first-order valence-electron chi connectivity index (χ1n) is 7.94. The molecule has 0 saturated carbocycles. The fraction of sp³-hybridized carbons (Fsp3) is 0.450. The molecule has 0 spiro atoms. The van der Waals surface area contributed by atoms with Crippen LogP contribution in [0.4, 0.5) is 0 Å². The van der Waals surface area contributed by atoms with Gasteiger partial charge in [0.15, 0.2) is 0 Å². The second kappa shape index (κ2) is 8.57. The lowest BCUT2D eigenvalue weighted by atomic mass is 9.72. The van der Waals surface area contributed by atoms with E-state index >= 15 is 0 Å². The molecule has 1 N–H and O–H groups in total. The third-order valence-corrected chi connectivity index (χ3v) is 4.18. The fourth-order valence-corrected chi connectivity index (χ4v) is 2.84. The van der Waals surface area contributed by atoms with Crippen LogP contribution < -0.4 is 0 Å². The summed E-state index contributed by atoms with van der Waals surface area (Å²) in [5, 5.41) is 11.3. The molecule has 2 nitrogen and oxygen atoms in total. The van der Waals surface area contributed by atoms with Gasteiger partial charge in [-0.1, -0.05) is 60.5 Å². The molecule has 0 unspecified atom stereocenters. The van der Waals surface area contributed by atoms with Gasteiger partial charge >= 0.3 is 0 Å². The minimum Gasteiger partial charge on any atom is -0.411 e. The van der Waals surface area contributed by atoms with Gasteiger partial charge in [0.2, 0.25) is 0 Å². The van der Waals surface area contributed by atoms with Crippen molar-refractivity contribution < 1.29 is 5.21 Å². The van der Waals surface area contributed by atoms with Crippen LogP contribution in [0.1, 0.15) is 53.9 Å². The van der Waals surface area contributed by atoms with Crippen LogP contribution in [0.5, 0.6) is 0 Å². The van der Waals surface area contributed by atoms with Gasteiger partial charge in [-0.25, -0.2) is 0 Å². The Morgan fingerprint density at radius 2 is 1.82 bits per heavy atom. The highest BCUT2D eigenvalue weighted by atomic mass is 16.4. The van der Waals surface area contributed by atoms with Crippen LogP contribution in [-0.4, -0.2) is 11.4 Å². The minimum absolute atomic E-state index is 0.290. The van der Waals surface area contributed by atoms with Crippen molar-refractivity contribution in [1.82, 2.24) is 0 Å². The molecule has 0 atom stereocenters. The molecular formula is C20H29NO. The molecule has 0 heterocycles. The third-order valence-electron chi connectivity index (χ3n) is 4.18. The fourth-order valence-electron chi connectivity index (χ4n) is 2.84. The van der Waals surface area contributed by atoms with Crippen LogP contribution in [0.3, 0.4) is 0 Å². The average molecular weight is 299 g/mol. The highest BCUT2D eigenvalue weighted by molar-refractivity contribution is 5.72. The van der Waals surface area contributed by atoms with Crippen molar-refractivity contribution in [2.45, 2.75) is 53.9 Å². The van der Waals surface area contributed by atoms with Crippen molar-refractivity contribution in [3.8, 4) is 0 Å². The Bertz CT molecular complexity index is 554. The summed E-state index contributed by atoms with van der Waals surface area (Å²) in [5.41, 5.74) is 5.57. The molecular weight excluding hydrogens is 270 g/mol. The second-order valence-electron chi connectivity index (χ2n) is 6.71. The van der Waals surface area contributed by atoms with Gasteiger partial charge in [-0.05, 0) is 62.7 Å². The predicted octanol–water partition coefficient (Wildman–Crippen LogP) is 5.98.